The summed E-state index contributed by atoms with van der Waals surface area (Å²) in [5, 5.41) is 3.69. The zero-order valence-corrected chi connectivity index (χ0v) is 17.6. The molecule has 0 saturated carbocycles. The van der Waals surface area contributed by atoms with Gasteiger partial charge >= 0.3 is 0 Å². The van der Waals surface area contributed by atoms with Crippen molar-refractivity contribution in [1.29, 1.82) is 0 Å². The number of fused-ring (bicyclic) bond motifs is 1. The Morgan fingerprint density at radius 2 is 1.97 bits per heavy atom. The highest BCUT2D eigenvalue weighted by atomic mass is 19.1. The zero-order valence-electron chi connectivity index (χ0n) is 17.6. The second kappa shape index (κ2) is 8.79. The Morgan fingerprint density at radius 3 is 2.68 bits per heavy atom. The van der Waals surface area contributed by atoms with E-state index in [9.17, 15) is 14.0 Å². The number of aryl methyl sites for hydroxylation is 1. The molecule has 1 aliphatic rings. The number of halogens is 1. The molecule has 1 aromatic heterocycles. The standard InChI is InChI=1S/C24H25FN2O4/c1-15-6-7-16(12-19(15)25)14-26-23(28)17-8-10-27(11-9-17)24(29)21-13-18-4-3-5-20(30-2)22(18)31-21/h3-7,12-13,17H,8-11,14H2,1-2H3,(H,26,28). The van der Waals surface area contributed by atoms with Crippen LogP contribution in [0.1, 0.15) is 34.5 Å². The molecule has 4 rings (SSSR count). The van der Waals surface area contributed by atoms with E-state index in [1.807, 2.05) is 18.2 Å². The first kappa shape index (κ1) is 20.9. The van der Waals surface area contributed by atoms with Gasteiger partial charge in [0.2, 0.25) is 5.91 Å². The van der Waals surface area contributed by atoms with E-state index >= 15 is 0 Å². The Bertz CT molecular complexity index is 1120. The molecule has 0 radical (unpaired) electrons. The van der Waals surface area contributed by atoms with Gasteiger partial charge < -0.3 is 19.4 Å². The molecule has 2 amide bonds. The molecule has 1 aliphatic heterocycles. The molecule has 0 spiro atoms. The van der Waals surface area contributed by atoms with E-state index in [4.69, 9.17) is 9.15 Å². The minimum absolute atomic E-state index is 0.0680. The number of amides is 2. The molecular weight excluding hydrogens is 399 g/mol. The monoisotopic (exact) mass is 424 g/mol. The molecule has 0 unspecified atom stereocenters. The number of hydrogen-bond acceptors (Lipinski definition) is 4. The predicted octanol–water partition coefficient (Wildman–Crippen LogP) is 4.06. The number of hydrogen-bond donors (Lipinski definition) is 1. The summed E-state index contributed by atoms with van der Waals surface area (Å²) in [5.74, 6) is 0.148. The summed E-state index contributed by atoms with van der Waals surface area (Å²) in [6.45, 7) is 2.94. The molecule has 1 saturated heterocycles. The van der Waals surface area contributed by atoms with Crippen LogP contribution in [-0.4, -0.2) is 36.9 Å². The summed E-state index contributed by atoms with van der Waals surface area (Å²) in [5.41, 5.74) is 1.86. The summed E-state index contributed by atoms with van der Waals surface area (Å²) in [6, 6.07) is 12.2. The molecule has 2 heterocycles. The number of likely N-dealkylation sites (tertiary alicyclic amines) is 1. The van der Waals surface area contributed by atoms with Crippen molar-refractivity contribution in [2.45, 2.75) is 26.3 Å². The summed E-state index contributed by atoms with van der Waals surface area (Å²) in [7, 11) is 1.56. The average Bonchev–Trinajstić information content (AvgIpc) is 3.23. The third-order valence-electron chi connectivity index (χ3n) is 5.79. The first-order chi connectivity index (χ1) is 15.0. The van der Waals surface area contributed by atoms with Crippen LogP contribution in [0.5, 0.6) is 5.75 Å². The van der Waals surface area contributed by atoms with Crippen molar-refractivity contribution in [2.24, 2.45) is 5.92 Å². The Labute approximate surface area is 180 Å². The number of carbonyl (C=O) groups excluding carboxylic acids is 2. The quantitative estimate of drug-likeness (QED) is 0.671. The summed E-state index contributed by atoms with van der Waals surface area (Å²) >= 11 is 0. The van der Waals surface area contributed by atoms with Gasteiger partial charge in [0.1, 0.15) is 5.82 Å². The molecule has 0 aliphatic carbocycles. The highest BCUT2D eigenvalue weighted by Crippen LogP contribution is 2.29. The zero-order chi connectivity index (χ0) is 22.0. The van der Waals surface area contributed by atoms with E-state index in [2.05, 4.69) is 5.32 Å². The lowest BCUT2D eigenvalue weighted by Gasteiger charge is -2.30. The number of nitrogens with one attached hydrogen (secondary N) is 1. The topological polar surface area (TPSA) is 71.8 Å². The summed E-state index contributed by atoms with van der Waals surface area (Å²) in [4.78, 5) is 27.1. The molecule has 1 N–H and O–H groups in total. The third-order valence-corrected chi connectivity index (χ3v) is 5.79. The van der Waals surface area contributed by atoms with E-state index in [1.165, 1.54) is 6.07 Å². The van der Waals surface area contributed by atoms with Crippen LogP contribution < -0.4 is 10.1 Å². The van der Waals surface area contributed by atoms with Crippen LogP contribution in [0.25, 0.3) is 11.0 Å². The summed E-state index contributed by atoms with van der Waals surface area (Å²) < 4.78 is 24.7. The lowest BCUT2D eigenvalue weighted by molar-refractivity contribution is -0.126. The minimum Gasteiger partial charge on any atom is -0.493 e. The van der Waals surface area contributed by atoms with Crippen molar-refractivity contribution < 1.29 is 23.1 Å². The van der Waals surface area contributed by atoms with Gasteiger partial charge in [0.25, 0.3) is 5.91 Å². The van der Waals surface area contributed by atoms with Gasteiger partial charge in [0.05, 0.1) is 7.11 Å². The van der Waals surface area contributed by atoms with Crippen LogP contribution in [0.3, 0.4) is 0 Å². The van der Waals surface area contributed by atoms with Crippen molar-refractivity contribution >= 4 is 22.8 Å². The van der Waals surface area contributed by atoms with Crippen LogP contribution in [0.4, 0.5) is 4.39 Å². The van der Waals surface area contributed by atoms with Crippen molar-refractivity contribution in [1.82, 2.24) is 10.2 Å². The van der Waals surface area contributed by atoms with Gasteiger partial charge in [-0.25, -0.2) is 4.39 Å². The van der Waals surface area contributed by atoms with Gasteiger partial charge in [-0.15, -0.1) is 0 Å². The Morgan fingerprint density at radius 1 is 1.19 bits per heavy atom. The Hall–Kier alpha value is -3.35. The van der Waals surface area contributed by atoms with Gasteiger partial charge in [0, 0.05) is 30.9 Å². The van der Waals surface area contributed by atoms with Gasteiger partial charge in [-0.3, -0.25) is 9.59 Å². The van der Waals surface area contributed by atoms with Crippen LogP contribution in [-0.2, 0) is 11.3 Å². The van der Waals surface area contributed by atoms with Crippen molar-refractivity contribution in [3.63, 3.8) is 0 Å². The fourth-order valence-corrected chi connectivity index (χ4v) is 3.88. The Kier molecular flexibility index (Phi) is 5.93. The minimum atomic E-state index is -0.276. The number of benzene rings is 2. The maximum absolute atomic E-state index is 13.7. The molecule has 7 heteroatoms. The molecule has 1 fully saturated rings. The van der Waals surface area contributed by atoms with Crippen LogP contribution >= 0.6 is 0 Å². The molecule has 0 atom stereocenters. The van der Waals surface area contributed by atoms with Gasteiger partial charge in [0.15, 0.2) is 17.1 Å². The van der Waals surface area contributed by atoms with Crippen molar-refractivity contribution in [2.75, 3.05) is 20.2 Å². The summed E-state index contributed by atoms with van der Waals surface area (Å²) in [6.07, 6.45) is 1.15. The maximum atomic E-state index is 13.7. The van der Waals surface area contributed by atoms with Crippen LogP contribution in [0.2, 0.25) is 0 Å². The number of methoxy groups -OCH3 is 1. The van der Waals surface area contributed by atoms with E-state index in [1.54, 1.807) is 37.1 Å². The highest BCUT2D eigenvalue weighted by Gasteiger charge is 2.29. The van der Waals surface area contributed by atoms with Crippen LogP contribution in [0.15, 0.2) is 46.9 Å². The lowest BCUT2D eigenvalue weighted by atomic mass is 9.95. The third kappa shape index (κ3) is 4.40. The number of piperidine rings is 1. The van der Waals surface area contributed by atoms with Gasteiger partial charge in [-0.2, -0.15) is 0 Å². The van der Waals surface area contributed by atoms with Gasteiger partial charge in [-0.05, 0) is 49.1 Å². The fraction of sp³-hybridized carbons (Fsp3) is 0.333. The number of carbonyl (C=O) groups is 2. The molecular formula is C24H25FN2O4. The molecule has 6 nitrogen and oxygen atoms in total. The highest BCUT2D eigenvalue weighted by molar-refractivity contribution is 5.97. The van der Waals surface area contributed by atoms with Crippen molar-refractivity contribution in [3.8, 4) is 5.75 Å². The van der Waals surface area contributed by atoms with Crippen LogP contribution in [0, 0.1) is 18.7 Å². The number of ether oxygens (including phenoxy) is 1. The van der Waals surface area contributed by atoms with Crippen molar-refractivity contribution in [3.05, 3.63) is 65.2 Å². The normalized spacial score (nSPS) is 14.6. The predicted molar refractivity (Wildman–Crippen MR) is 114 cm³/mol. The molecule has 2 aromatic carbocycles. The number of nitrogens with zero attached hydrogens (tertiary/aromatic N) is 1. The van der Waals surface area contributed by atoms with E-state index < -0.39 is 0 Å². The second-order valence-electron chi connectivity index (χ2n) is 7.86. The fourth-order valence-electron chi connectivity index (χ4n) is 3.88. The molecule has 31 heavy (non-hydrogen) atoms. The Balaban J connectivity index is 1.33. The second-order valence-corrected chi connectivity index (χ2v) is 7.86. The molecule has 0 bridgehead atoms. The average molecular weight is 424 g/mol. The SMILES string of the molecule is COc1cccc2cc(C(=O)N3CCC(C(=O)NCc4ccc(C)c(F)c4)CC3)oc12. The first-order valence-corrected chi connectivity index (χ1v) is 10.3. The maximum Gasteiger partial charge on any atom is 0.289 e. The first-order valence-electron chi connectivity index (χ1n) is 10.3. The number of rotatable bonds is 5. The molecule has 3 aromatic rings. The lowest BCUT2D eigenvalue weighted by Crippen LogP contribution is -2.42. The number of furan rings is 1. The van der Waals surface area contributed by atoms with E-state index in [0.717, 1.165) is 10.9 Å². The largest absolute Gasteiger partial charge is 0.493 e. The molecule has 162 valence electrons. The van der Waals surface area contributed by atoms with E-state index in [-0.39, 0.29) is 35.9 Å². The smallest absolute Gasteiger partial charge is 0.289 e. The number of para-hydroxylation sites is 1. The van der Waals surface area contributed by atoms with E-state index in [0.29, 0.717) is 42.8 Å². The van der Waals surface area contributed by atoms with Gasteiger partial charge in [-0.1, -0.05) is 24.3 Å².